The summed E-state index contributed by atoms with van der Waals surface area (Å²) in [6.07, 6.45) is 0.840. The van der Waals surface area contributed by atoms with Gasteiger partial charge in [-0.2, -0.15) is 0 Å². The minimum absolute atomic E-state index is 0.0404. The van der Waals surface area contributed by atoms with Crippen LogP contribution in [0.3, 0.4) is 0 Å². The summed E-state index contributed by atoms with van der Waals surface area (Å²) in [6.45, 7) is 1.77. The molecule has 1 amide bonds. The maximum atomic E-state index is 11.5. The Morgan fingerprint density at radius 3 is 2.38 bits per heavy atom. The van der Waals surface area contributed by atoms with Crippen molar-refractivity contribution in [3.63, 3.8) is 0 Å². The third-order valence-electron chi connectivity index (χ3n) is 2.44. The number of hydrogen-bond acceptors (Lipinski definition) is 3. The third-order valence-corrected chi connectivity index (χ3v) is 2.44. The summed E-state index contributed by atoms with van der Waals surface area (Å²) < 4.78 is 0. The molecule has 1 aromatic rings. The van der Waals surface area contributed by atoms with Gasteiger partial charge in [0.25, 0.3) is 0 Å². The highest BCUT2D eigenvalue weighted by Gasteiger charge is 2.10. The zero-order valence-electron chi connectivity index (χ0n) is 9.43. The molecule has 0 radical (unpaired) electrons. The van der Waals surface area contributed by atoms with Gasteiger partial charge in [-0.25, -0.2) is 0 Å². The zero-order chi connectivity index (χ0) is 11.8. The summed E-state index contributed by atoms with van der Waals surface area (Å²) >= 11 is 0. The van der Waals surface area contributed by atoms with E-state index >= 15 is 0 Å². The van der Waals surface area contributed by atoms with Gasteiger partial charge in [-0.3, -0.25) is 4.79 Å². The summed E-state index contributed by atoms with van der Waals surface area (Å²) in [5.74, 6) is -0.0404. The van der Waals surface area contributed by atoms with Crippen LogP contribution in [0.4, 0.5) is 0 Å². The van der Waals surface area contributed by atoms with Crippen LogP contribution >= 0.6 is 0 Å². The Hall–Kier alpha value is -1.39. The van der Waals surface area contributed by atoms with E-state index < -0.39 is 0 Å². The van der Waals surface area contributed by atoms with Gasteiger partial charge in [0.15, 0.2) is 0 Å². The first-order valence-corrected chi connectivity index (χ1v) is 5.49. The molecule has 1 aromatic carbocycles. The molecule has 0 atom stereocenters. The van der Waals surface area contributed by atoms with E-state index in [9.17, 15) is 4.79 Å². The van der Waals surface area contributed by atoms with Crippen LogP contribution in [-0.4, -0.2) is 37.0 Å². The van der Waals surface area contributed by atoms with E-state index in [4.69, 9.17) is 11.5 Å². The number of carbonyl (C=O) groups excluding carboxylic acids is 1. The Balaban J connectivity index is 2.47. The normalized spacial score (nSPS) is 10.1. The lowest BCUT2D eigenvalue weighted by Crippen LogP contribution is -2.40. The summed E-state index contributed by atoms with van der Waals surface area (Å²) in [6, 6.07) is 10.1. The van der Waals surface area contributed by atoms with Crippen LogP contribution < -0.4 is 11.5 Å². The fraction of sp³-hybridized carbons (Fsp3) is 0.417. The molecule has 16 heavy (non-hydrogen) atoms. The van der Waals surface area contributed by atoms with Gasteiger partial charge in [0.1, 0.15) is 0 Å². The van der Waals surface area contributed by atoms with Gasteiger partial charge < -0.3 is 16.4 Å². The quantitative estimate of drug-likeness (QED) is 0.709. The lowest BCUT2D eigenvalue weighted by atomic mass is 10.1. The van der Waals surface area contributed by atoms with E-state index in [-0.39, 0.29) is 12.5 Å². The van der Waals surface area contributed by atoms with Crippen LogP contribution in [-0.2, 0) is 11.2 Å². The molecule has 0 unspecified atom stereocenters. The molecule has 0 fully saturated rings. The predicted molar refractivity (Wildman–Crippen MR) is 64.8 cm³/mol. The summed E-state index contributed by atoms with van der Waals surface area (Å²) in [7, 11) is 0. The first-order chi connectivity index (χ1) is 7.77. The first kappa shape index (κ1) is 12.7. The summed E-state index contributed by atoms with van der Waals surface area (Å²) in [5.41, 5.74) is 12.0. The van der Waals surface area contributed by atoms with Crippen LogP contribution in [0.1, 0.15) is 5.56 Å². The SMILES string of the molecule is NCCN(CCc1ccccc1)C(=O)CN. The standard InChI is InChI=1S/C12H19N3O/c13-7-9-15(12(16)10-14)8-6-11-4-2-1-3-5-11/h1-5H,6-10,13-14H2. The molecule has 0 saturated carbocycles. The number of amides is 1. The number of rotatable bonds is 6. The number of nitrogens with zero attached hydrogens (tertiary/aromatic N) is 1. The number of benzene rings is 1. The van der Waals surface area contributed by atoms with Crippen molar-refractivity contribution < 1.29 is 4.79 Å². The summed E-state index contributed by atoms with van der Waals surface area (Å²) in [5, 5.41) is 0. The second kappa shape index (κ2) is 6.98. The highest BCUT2D eigenvalue weighted by molar-refractivity contribution is 5.78. The lowest BCUT2D eigenvalue weighted by molar-refractivity contribution is -0.129. The Morgan fingerprint density at radius 2 is 1.81 bits per heavy atom. The van der Waals surface area contributed by atoms with Crippen molar-refractivity contribution in [2.75, 3.05) is 26.2 Å². The van der Waals surface area contributed by atoms with E-state index in [1.807, 2.05) is 30.3 Å². The molecule has 0 aliphatic carbocycles. The molecule has 0 bridgehead atoms. The average molecular weight is 221 g/mol. The molecular formula is C12H19N3O. The number of carbonyl (C=O) groups is 1. The number of hydrogen-bond donors (Lipinski definition) is 2. The third kappa shape index (κ3) is 4.00. The average Bonchev–Trinajstić information content (AvgIpc) is 2.34. The minimum Gasteiger partial charge on any atom is -0.340 e. The monoisotopic (exact) mass is 221 g/mol. The smallest absolute Gasteiger partial charge is 0.236 e. The van der Waals surface area contributed by atoms with E-state index in [0.717, 1.165) is 6.42 Å². The number of nitrogens with two attached hydrogens (primary N) is 2. The lowest BCUT2D eigenvalue weighted by Gasteiger charge is -2.21. The second-order valence-corrected chi connectivity index (χ2v) is 3.61. The Bertz CT molecular complexity index is 313. The van der Waals surface area contributed by atoms with Crippen molar-refractivity contribution in [1.29, 1.82) is 0 Å². The van der Waals surface area contributed by atoms with Crippen molar-refractivity contribution in [2.24, 2.45) is 11.5 Å². The highest BCUT2D eigenvalue weighted by atomic mass is 16.2. The van der Waals surface area contributed by atoms with Crippen molar-refractivity contribution in [1.82, 2.24) is 4.90 Å². The zero-order valence-corrected chi connectivity index (χ0v) is 9.43. The molecule has 0 aliphatic rings. The molecular weight excluding hydrogens is 202 g/mol. The Labute approximate surface area is 96.2 Å². The van der Waals surface area contributed by atoms with Crippen LogP contribution in [0.15, 0.2) is 30.3 Å². The van der Waals surface area contributed by atoms with Crippen LogP contribution in [0, 0.1) is 0 Å². The highest BCUT2D eigenvalue weighted by Crippen LogP contribution is 2.01. The van der Waals surface area contributed by atoms with Crippen molar-refractivity contribution in [3.8, 4) is 0 Å². The van der Waals surface area contributed by atoms with Gasteiger partial charge in [0.2, 0.25) is 5.91 Å². The molecule has 4 heteroatoms. The molecule has 0 aromatic heterocycles. The second-order valence-electron chi connectivity index (χ2n) is 3.61. The van der Waals surface area contributed by atoms with E-state index in [2.05, 4.69) is 0 Å². The Kier molecular flexibility index (Phi) is 5.53. The molecule has 0 spiro atoms. The maximum absolute atomic E-state index is 11.5. The molecule has 4 nitrogen and oxygen atoms in total. The molecule has 0 aliphatic heterocycles. The first-order valence-electron chi connectivity index (χ1n) is 5.49. The van der Waals surface area contributed by atoms with E-state index in [1.165, 1.54) is 5.56 Å². The molecule has 0 heterocycles. The summed E-state index contributed by atoms with van der Waals surface area (Å²) in [4.78, 5) is 13.2. The predicted octanol–water partition coefficient (Wildman–Crippen LogP) is -0.0249. The van der Waals surface area contributed by atoms with Gasteiger partial charge in [-0.15, -0.1) is 0 Å². The van der Waals surface area contributed by atoms with Gasteiger partial charge >= 0.3 is 0 Å². The van der Waals surface area contributed by atoms with Gasteiger partial charge in [0.05, 0.1) is 6.54 Å². The van der Waals surface area contributed by atoms with Crippen molar-refractivity contribution in [3.05, 3.63) is 35.9 Å². The van der Waals surface area contributed by atoms with Gasteiger partial charge in [-0.1, -0.05) is 30.3 Å². The van der Waals surface area contributed by atoms with Crippen LogP contribution in [0.25, 0.3) is 0 Å². The minimum atomic E-state index is -0.0404. The van der Waals surface area contributed by atoms with Crippen molar-refractivity contribution in [2.45, 2.75) is 6.42 Å². The van der Waals surface area contributed by atoms with E-state index in [0.29, 0.717) is 19.6 Å². The van der Waals surface area contributed by atoms with E-state index in [1.54, 1.807) is 4.90 Å². The van der Waals surface area contributed by atoms with Gasteiger partial charge in [-0.05, 0) is 12.0 Å². The molecule has 0 saturated heterocycles. The van der Waals surface area contributed by atoms with Crippen molar-refractivity contribution >= 4 is 5.91 Å². The van der Waals surface area contributed by atoms with Gasteiger partial charge in [0, 0.05) is 19.6 Å². The van der Waals surface area contributed by atoms with Crippen LogP contribution in [0.2, 0.25) is 0 Å². The van der Waals surface area contributed by atoms with Crippen LogP contribution in [0.5, 0.6) is 0 Å². The molecule has 4 N–H and O–H groups in total. The molecule has 1 rings (SSSR count). The fourth-order valence-electron chi connectivity index (χ4n) is 1.55. The fourth-order valence-corrected chi connectivity index (χ4v) is 1.55. The largest absolute Gasteiger partial charge is 0.340 e. The maximum Gasteiger partial charge on any atom is 0.236 e. The Morgan fingerprint density at radius 1 is 1.12 bits per heavy atom. The molecule has 88 valence electrons. The topological polar surface area (TPSA) is 72.3 Å².